The number of rotatable bonds is 2. The van der Waals surface area contributed by atoms with E-state index in [0.29, 0.717) is 0 Å². The number of hydrogen-bond donors (Lipinski definition) is 1. The van der Waals surface area contributed by atoms with Gasteiger partial charge in [-0.1, -0.05) is 29.3 Å². The second kappa shape index (κ2) is 5.41. The van der Waals surface area contributed by atoms with Crippen LogP contribution >= 0.6 is 23.2 Å². The Kier molecular flexibility index (Phi) is 4.04. The topological polar surface area (TPSA) is 20.2 Å². The Morgan fingerprint density at radius 2 is 1.47 bits per heavy atom. The Labute approximate surface area is 117 Å². The Morgan fingerprint density at radius 1 is 0.895 bits per heavy atom. The van der Waals surface area contributed by atoms with E-state index in [-0.39, 0.29) is 15.6 Å². The molecule has 0 bridgehead atoms. The third kappa shape index (κ3) is 2.86. The molecule has 1 atom stereocenters. The van der Waals surface area contributed by atoms with Gasteiger partial charge in [0.1, 0.15) is 6.10 Å². The standard InChI is InChI=1S/C13H7Cl2F3O/c14-7-3-6(4-8(15)5-7)13(19)9-1-2-10(16)12(18)11(9)17/h1-5,13,19H. The number of aliphatic hydroxyl groups excluding tert-OH is 1. The van der Waals surface area contributed by atoms with Crippen LogP contribution in [0, 0.1) is 17.5 Å². The Balaban J connectivity index is 2.50. The van der Waals surface area contributed by atoms with E-state index in [9.17, 15) is 18.3 Å². The zero-order valence-corrected chi connectivity index (χ0v) is 10.8. The molecule has 0 aliphatic heterocycles. The highest BCUT2D eigenvalue weighted by Crippen LogP contribution is 2.30. The molecule has 19 heavy (non-hydrogen) atoms. The number of benzene rings is 2. The summed E-state index contributed by atoms with van der Waals surface area (Å²) in [5.41, 5.74) is -0.209. The van der Waals surface area contributed by atoms with Gasteiger partial charge in [0.05, 0.1) is 0 Å². The minimum absolute atomic E-state index is 0.183. The summed E-state index contributed by atoms with van der Waals surface area (Å²) in [6, 6.07) is 5.86. The van der Waals surface area contributed by atoms with Crippen LogP contribution in [0.5, 0.6) is 0 Å². The molecule has 0 aliphatic rings. The zero-order chi connectivity index (χ0) is 14.2. The molecule has 0 heterocycles. The van der Waals surface area contributed by atoms with Crippen molar-refractivity contribution in [2.45, 2.75) is 6.10 Å². The van der Waals surface area contributed by atoms with Crippen LogP contribution in [-0.4, -0.2) is 5.11 Å². The molecule has 1 nitrogen and oxygen atoms in total. The highest BCUT2D eigenvalue weighted by molar-refractivity contribution is 6.34. The molecular weight excluding hydrogens is 300 g/mol. The Morgan fingerprint density at radius 3 is 2.05 bits per heavy atom. The summed E-state index contributed by atoms with van der Waals surface area (Å²) >= 11 is 11.5. The maximum atomic E-state index is 13.6. The average Bonchev–Trinajstić information content (AvgIpc) is 2.34. The van der Waals surface area contributed by atoms with Gasteiger partial charge in [-0.3, -0.25) is 0 Å². The average molecular weight is 307 g/mol. The summed E-state index contributed by atoms with van der Waals surface area (Å²) in [4.78, 5) is 0. The fraction of sp³-hybridized carbons (Fsp3) is 0.0769. The van der Waals surface area contributed by atoms with Crippen LogP contribution in [0.3, 0.4) is 0 Å². The second-order valence-corrected chi connectivity index (χ2v) is 4.74. The van der Waals surface area contributed by atoms with E-state index in [4.69, 9.17) is 23.2 Å². The molecular formula is C13H7Cl2F3O. The summed E-state index contributed by atoms with van der Waals surface area (Å²) < 4.78 is 39.5. The monoisotopic (exact) mass is 306 g/mol. The molecule has 100 valence electrons. The van der Waals surface area contributed by atoms with Gasteiger partial charge in [0.25, 0.3) is 0 Å². The largest absolute Gasteiger partial charge is 0.384 e. The molecule has 2 aromatic rings. The van der Waals surface area contributed by atoms with Crippen molar-refractivity contribution in [1.29, 1.82) is 0 Å². The lowest BCUT2D eigenvalue weighted by atomic mass is 10.0. The van der Waals surface area contributed by atoms with E-state index in [0.717, 1.165) is 12.1 Å². The molecule has 0 saturated heterocycles. The van der Waals surface area contributed by atoms with Gasteiger partial charge in [0.2, 0.25) is 0 Å². The van der Waals surface area contributed by atoms with Gasteiger partial charge in [0, 0.05) is 15.6 Å². The Hall–Kier alpha value is -1.23. The van der Waals surface area contributed by atoms with Crippen LogP contribution < -0.4 is 0 Å². The van der Waals surface area contributed by atoms with Gasteiger partial charge in [-0.05, 0) is 29.8 Å². The maximum Gasteiger partial charge on any atom is 0.194 e. The fourth-order valence-corrected chi connectivity index (χ4v) is 2.21. The van der Waals surface area contributed by atoms with Gasteiger partial charge in [-0.15, -0.1) is 0 Å². The van der Waals surface area contributed by atoms with E-state index in [1.165, 1.54) is 18.2 Å². The maximum absolute atomic E-state index is 13.6. The van der Waals surface area contributed by atoms with E-state index in [1.54, 1.807) is 0 Å². The lowest BCUT2D eigenvalue weighted by molar-refractivity contribution is 0.212. The number of aliphatic hydroxyl groups is 1. The molecule has 0 aliphatic carbocycles. The van der Waals surface area contributed by atoms with Crippen molar-refractivity contribution in [3.63, 3.8) is 0 Å². The third-order valence-corrected chi connectivity index (χ3v) is 3.00. The predicted molar refractivity (Wildman–Crippen MR) is 66.8 cm³/mol. The van der Waals surface area contributed by atoms with Crippen LogP contribution in [-0.2, 0) is 0 Å². The van der Waals surface area contributed by atoms with Crippen LogP contribution in [0.15, 0.2) is 30.3 Å². The van der Waals surface area contributed by atoms with Crippen LogP contribution in [0.1, 0.15) is 17.2 Å². The van der Waals surface area contributed by atoms with E-state index in [1.807, 2.05) is 0 Å². The quantitative estimate of drug-likeness (QED) is 0.810. The van der Waals surface area contributed by atoms with Gasteiger partial charge >= 0.3 is 0 Å². The molecule has 0 radical (unpaired) electrons. The van der Waals surface area contributed by atoms with Crippen molar-refractivity contribution in [1.82, 2.24) is 0 Å². The molecule has 2 aromatic carbocycles. The normalized spacial score (nSPS) is 12.5. The molecule has 1 N–H and O–H groups in total. The molecule has 0 saturated carbocycles. The highest BCUT2D eigenvalue weighted by atomic mass is 35.5. The number of halogens is 5. The lowest BCUT2D eigenvalue weighted by Crippen LogP contribution is -2.05. The van der Waals surface area contributed by atoms with Crippen LogP contribution in [0.2, 0.25) is 10.0 Å². The van der Waals surface area contributed by atoms with Crippen molar-refractivity contribution >= 4 is 23.2 Å². The van der Waals surface area contributed by atoms with Crippen molar-refractivity contribution in [3.8, 4) is 0 Å². The fourth-order valence-electron chi connectivity index (χ4n) is 1.66. The van der Waals surface area contributed by atoms with Crippen molar-refractivity contribution < 1.29 is 18.3 Å². The zero-order valence-electron chi connectivity index (χ0n) is 9.30. The van der Waals surface area contributed by atoms with E-state index < -0.39 is 29.1 Å². The van der Waals surface area contributed by atoms with Crippen LogP contribution in [0.25, 0.3) is 0 Å². The second-order valence-electron chi connectivity index (χ2n) is 3.87. The summed E-state index contributed by atoms with van der Waals surface area (Å²) in [7, 11) is 0. The molecule has 0 aromatic heterocycles. The molecule has 1 unspecified atom stereocenters. The number of hydrogen-bond acceptors (Lipinski definition) is 1. The highest BCUT2D eigenvalue weighted by Gasteiger charge is 2.21. The SMILES string of the molecule is OC(c1cc(Cl)cc(Cl)c1)c1ccc(F)c(F)c1F. The lowest BCUT2D eigenvalue weighted by Gasteiger charge is -2.13. The van der Waals surface area contributed by atoms with Gasteiger partial charge in [-0.2, -0.15) is 0 Å². The van der Waals surface area contributed by atoms with Crippen LogP contribution in [0.4, 0.5) is 13.2 Å². The molecule has 2 rings (SSSR count). The first-order chi connectivity index (χ1) is 8.90. The smallest absolute Gasteiger partial charge is 0.194 e. The van der Waals surface area contributed by atoms with Gasteiger partial charge in [0.15, 0.2) is 17.5 Å². The van der Waals surface area contributed by atoms with E-state index in [2.05, 4.69) is 0 Å². The molecule has 0 spiro atoms. The summed E-state index contributed by atoms with van der Waals surface area (Å²) in [6.07, 6.45) is -1.49. The summed E-state index contributed by atoms with van der Waals surface area (Å²) in [5, 5.41) is 10.5. The molecule has 6 heteroatoms. The third-order valence-electron chi connectivity index (χ3n) is 2.56. The molecule has 0 amide bonds. The minimum Gasteiger partial charge on any atom is -0.384 e. The minimum atomic E-state index is -1.63. The van der Waals surface area contributed by atoms with Gasteiger partial charge < -0.3 is 5.11 Å². The van der Waals surface area contributed by atoms with Crippen molar-refractivity contribution in [3.05, 3.63) is 69.0 Å². The summed E-state index contributed by atoms with van der Waals surface area (Å²) in [5.74, 6) is -4.40. The van der Waals surface area contributed by atoms with Gasteiger partial charge in [-0.25, -0.2) is 13.2 Å². The first-order valence-electron chi connectivity index (χ1n) is 5.17. The predicted octanol–water partition coefficient (Wildman–Crippen LogP) is 4.49. The first-order valence-corrected chi connectivity index (χ1v) is 5.93. The van der Waals surface area contributed by atoms with Crippen molar-refractivity contribution in [2.75, 3.05) is 0 Å². The first kappa shape index (κ1) is 14.2. The van der Waals surface area contributed by atoms with Crippen molar-refractivity contribution in [2.24, 2.45) is 0 Å². The Bertz CT molecular complexity index is 611. The molecule has 0 fully saturated rings. The van der Waals surface area contributed by atoms with E-state index >= 15 is 0 Å². The summed E-state index contributed by atoms with van der Waals surface area (Å²) in [6.45, 7) is 0.